The summed E-state index contributed by atoms with van der Waals surface area (Å²) in [4.78, 5) is 47.4. The average molecular weight is 491 g/mol. The lowest BCUT2D eigenvalue weighted by atomic mass is 9.95. The lowest BCUT2D eigenvalue weighted by Crippen LogP contribution is -2.52. The largest absolute Gasteiger partial charge is 0.370 e. The molecule has 3 aliphatic rings. The number of anilines is 2. The Morgan fingerprint density at radius 3 is 2.28 bits per heavy atom. The van der Waals surface area contributed by atoms with Crippen molar-refractivity contribution in [1.29, 1.82) is 0 Å². The molecule has 36 heavy (non-hydrogen) atoms. The van der Waals surface area contributed by atoms with Crippen molar-refractivity contribution in [3.8, 4) is 0 Å². The molecule has 0 saturated carbocycles. The summed E-state index contributed by atoms with van der Waals surface area (Å²) in [6.07, 6.45) is 4.57. The molecule has 0 radical (unpaired) electrons. The summed E-state index contributed by atoms with van der Waals surface area (Å²) in [5.41, 5.74) is 2.61. The fourth-order valence-corrected chi connectivity index (χ4v) is 5.34. The minimum absolute atomic E-state index is 0.225. The highest BCUT2D eigenvalue weighted by Gasteiger charge is 2.29. The van der Waals surface area contributed by atoms with Crippen molar-refractivity contribution in [2.45, 2.75) is 31.7 Å². The van der Waals surface area contributed by atoms with E-state index in [1.54, 1.807) is 12.3 Å². The maximum Gasteiger partial charge on any atom is 0.270 e. The molecule has 190 valence electrons. The number of amides is 3. The summed E-state index contributed by atoms with van der Waals surface area (Å²) >= 11 is 0. The second-order valence-electron chi connectivity index (χ2n) is 9.93. The maximum absolute atomic E-state index is 12.5. The maximum atomic E-state index is 12.5. The molecule has 1 atom stereocenters. The first-order valence-corrected chi connectivity index (χ1v) is 12.9. The minimum Gasteiger partial charge on any atom is -0.370 e. The van der Waals surface area contributed by atoms with Gasteiger partial charge in [-0.25, -0.2) is 4.98 Å². The number of carbonyl (C=O) groups is 3. The van der Waals surface area contributed by atoms with Gasteiger partial charge in [-0.1, -0.05) is 18.2 Å². The molecular formula is C27H34N6O3. The van der Waals surface area contributed by atoms with Crippen molar-refractivity contribution in [1.82, 2.24) is 20.5 Å². The molecule has 5 rings (SSSR count). The number of hydrogen-bond acceptors (Lipinski definition) is 7. The molecule has 1 aromatic heterocycles. The zero-order chi connectivity index (χ0) is 24.9. The molecule has 0 aliphatic carbocycles. The van der Waals surface area contributed by atoms with Gasteiger partial charge in [-0.15, -0.1) is 0 Å². The summed E-state index contributed by atoms with van der Waals surface area (Å²) < 4.78 is 0. The first kappa shape index (κ1) is 24.2. The van der Waals surface area contributed by atoms with Gasteiger partial charge in [0.1, 0.15) is 11.7 Å². The topological polar surface area (TPSA) is 97.9 Å². The third-order valence-corrected chi connectivity index (χ3v) is 7.51. The Kier molecular flexibility index (Phi) is 7.46. The predicted molar refractivity (Wildman–Crippen MR) is 138 cm³/mol. The van der Waals surface area contributed by atoms with E-state index in [9.17, 15) is 14.4 Å². The molecule has 3 amide bonds. The number of nitrogens with zero attached hydrogens (tertiary/aromatic N) is 4. The monoisotopic (exact) mass is 490 g/mol. The average Bonchev–Trinajstić information content (AvgIpc) is 2.92. The van der Waals surface area contributed by atoms with Crippen LogP contribution in [0.3, 0.4) is 0 Å². The normalized spacial score (nSPS) is 21.8. The number of benzene rings is 1. The first-order chi connectivity index (χ1) is 17.5. The number of piperidine rings is 2. The molecule has 0 bridgehead atoms. The van der Waals surface area contributed by atoms with Gasteiger partial charge < -0.3 is 15.1 Å². The smallest absolute Gasteiger partial charge is 0.270 e. The van der Waals surface area contributed by atoms with Crippen molar-refractivity contribution >= 4 is 29.1 Å². The van der Waals surface area contributed by atoms with E-state index >= 15 is 0 Å². The van der Waals surface area contributed by atoms with E-state index in [1.165, 1.54) is 5.69 Å². The lowest BCUT2D eigenvalue weighted by Gasteiger charge is -2.40. The van der Waals surface area contributed by atoms with E-state index in [0.29, 0.717) is 12.3 Å². The van der Waals surface area contributed by atoms with Crippen LogP contribution in [0.4, 0.5) is 11.4 Å². The summed E-state index contributed by atoms with van der Waals surface area (Å²) in [5.74, 6) is -0.460. The standard InChI is InChI=1S/C27H34N6O3/c34-25-9-8-24(27(36)30-25)29-26(35)23-7-6-22(18-28-23)32-12-10-20(11-13-32)19-31-14-16-33(17-15-31)21-4-2-1-3-5-21/h1-7,18,20,24H,8-17,19H2,(H,29,35)(H,30,34,36). The molecule has 3 aliphatic heterocycles. The van der Waals surface area contributed by atoms with Crippen LogP contribution < -0.4 is 20.4 Å². The van der Waals surface area contributed by atoms with Crippen LogP contribution in [0.15, 0.2) is 48.7 Å². The molecule has 9 nitrogen and oxygen atoms in total. The van der Waals surface area contributed by atoms with E-state index in [4.69, 9.17) is 0 Å². The highest BCUT2D eigenvalue weighted by atomic mass is 16.2. The van der Waals surface area contributed by atoms with Crippen LogP contribution >= 0.6 is 0 Å². The van der Waals surface area contributed by atoms with Crippen LogP contribution in [0.2, 0.25) is 0 Å². The van der Waals surface area contributed by atoms with Gasteiger partial charge in [0.15, 0.2) is 0 Å². The number of carbonyl (C=O) groups excluding carboxylic acids is 3. The van der Waals surface area contributed by atoms with Crippen molar-refractivity contribution in [3.63, 3.8) is 0 Å². The Balaban J connectivity index is 1.05. The van der Waals surface area contributed by atoms with Gasteiger partial charge in [-0.2, -0.15) is 0 Å². The number of nitrogens with one attached hydrogen (secondary N) is 2. The fraction of sp³-hybridized carbons (Fsp3) is 0.481. The fourth-order valence-electron chi connectivity index (χ4n) is 5.34. The molecule has 4 heterocycles. The number of imide groups is 1. The predicted octanol–water partition coefficient (Wildman–Crippen LogP) is 1.66. The second kappa shape index (κ2) is 11.1. The van der Waals surface area contributed by atoms with Crippen molar-refractivity contribution in [3.05, 3.63) is 54.4 Å². The molecule has 9 heteroatoms. The van der Waals surface area contributed by atoms with Crippen molar-refractivity contribution < 1.29 is 14.4 Å². The number of pyridine rings is 1. The Hall–Kier alpha value is -3.46. The Morgan fingerprint density at radius 2 is 1.61 bits per heavy atom. The molecule has 3 saturated heterocycles. The van der Waals surface area contributed by atoms with Gasteiger partial charge in [0.2, 0.25) is 11.8 Å². The second-order valence-corrected chi connectivity index (χ2v) is 9.93. The number of para-hydroxylation sites is 1. The van der Waals surface area contributed by atoms with Gasteiger partial charge in [-0.05, 0) is 49.4 Å². The van der Waals surface area contributed by atoms with Crippen LogP contribution in [0, 0.1) is 5.92 Å². The third-order valence-electron chi connectivity index (χ3n) is 7.51. The van der Waals surface area contributed by atoms with E-state index < -0.39 is 17.9 Å². The molecule has 0 spiro atoms. The van der Waals surface area contributed by atoms with Crippen LogP contribution in [-0.2, 0) is 9.59 Å². The Morgan fingerprint density at radius 1 is 0.889 bits per heavy atom. The summed E-state index contributed by atoms with van der Waals surface area (Å²) in [6, 6.07) is 13.6. The summed E-state index contributed by atoms with van der Waals surface area (Å²) in [6.45, 7) is 7.52. The SMILES string of the molecule is O=C1CCC(NC(=O)c2ccc(N3CCC(CN4CCN(c5ccccc5)CC4)CC3)cn2)C(=O)N1. The van der Waals surface area contributed by atoms with Crippen LogP contribution in [0.1, 0.15) is 36.2 Å². The van der Waals surface area contributed by atoms with Crippen molar-refractivity contribution in [2.24, 2.45) is 5.92 Å². The highest BCUT2D eigenvalue weighted by Crippen LogP contribution is 2.24. The molecular weight excluding hydrogens is 456 g/mol. The molecule has 2 aromatic rings. The summed E-state index contributed by atoms with van der Waals surface area (Å²) in [7, 11) is 0. The van der Waals surface area contributed by atoms with Gasteiger partial charge in [0.25, 0.3) is 5.91 Å². The Labute approximate surface area is 211 Å². The molecule has 2 N–H and O–H groups in total. The molecule has 3 fully saturated rings. The van der Waals surface area contributed by atoms with Crippen LogP contribution in [0.25, 0.3) is 0 Å². The number of hydrogen-bond donors (Lipinski definition) is 2. The van der Waals surface area contributed by atoms with Gasteiger partial charge in [0.05, 0.1) is 11.9 Å². The number of rotatable bonds is 6. The minimum atomic E-state index is -0.697. The lowest BCUT2D eigenvalue weighted by molar-refractivity contribution is -0.134. The van der Waals surface area contributed by atoms with Gasteiger partial charge >= 0.3 is 0 Å². The number of aromatic nitrogens is 1. The number of piperazine rings is 1. The van der Waals surface area contributed by atoms with Gasteiger partial charge in [0, 0.05) is 57.9 Å². The quantitative estimate of drug-likeness (QED) is 0.595. The van der Waals surface area contributed by atoms with E-state index in [0.717, 1.165) is 64.3 Å². The zero-order valence-corrected chi connectivity index (χ0v) is 20.6. The van der Waals surface area contributed by atoms with E-state index in [-0.39, 0.29) is 18.0 Å². The van der Waals surface area contributed by atoms with E-state index in [1.807, 2.05) is 6.07 Å². The highest BCUT2D eigenvalue weighted by molar-refractivity contribution is 6.03. The summed E-state index contributed by atoms with van der Waals surface area (Å²) in [5, 5.41) is 4.93. The van der Waals surface area contributed by atoms with Crippen LogP contribution in [-0.4, -0.2) is 79.5 Å². The van der Waals surface area contributed by atoms with E-state index in [2.05, 4.69) is 60.6 Å². The molecule has 1 aromatic carbocycles. The van der Waals surface area contributed by atoms with Gasteiger partial charge in [-0.3, -0.25) is 24.6 Å². The first-order valence-electron chi connectivity index (χ1n) is 12.9. The van der Waals surface area contributed by atoms with Crippen molar-refractivity contribution in [2.75, 3.05) is 55.6 Å². The van der Waals surface area contributed by atoms with Crippen LogP contribution in [0.5, 0.6) is 0 Å². The third kappa shape index (κ3) is 5.84. The molecule has 1 unspecified atom stereocenters. The Bertz CT molecular complexity index is 1060. The zero-order valence-electron chi connectivity index (χ0n) is 20.6.